The van der Waals surface area contributed by atoms with Crippen LogP contribution in [0.15, 0.2) is 36.4 Å². The summed E-state index contributed by atoms with van der Waals surface area (Å²) in [5.74, 6) is 0.578. The number of benzene rings is 1. The summed E-state index contributed by atoms with van der Waals surface area (Å²) in [6.07, 6.45) is 0. The van der Waals surface area contributed by atoms with Crippen LogP contribution in [0.25, 0.3) is 11.3 Å². The summed E-state index contributed by atoms with van der Waals surface area (Å²) in [4.78, 5) is 10.1. The Bertz CT molecular complexity index is 827. The van der Waals surface area contributed by atoms with Crippen LogP contribution in [-0.4, -0.2) is 9.97 Å². The van der Waals surface area contributed by atoms with Crippen molar-refractivity contribution in [3.63, 3.8) is 0 Å². The van der Waals surface area contributed by atoms with Gasteiger partial charge in [0.25, 0.3) is 0 Å². The van der Waals surface area contributed by atoms with Crippen molar-refractivity contribution in [3.05, 3.63) is 58.3 Å². The molecule has 0 aliphatic rings. The van der Waals surface area contributed by atoms with E-state index in [-0.39, 0.29) is 5.82 Å². The van der Waals surface area contributed by atoms with Gasteiger partial charge in [-0.05, 0) is 56.7 Å². The Balaban J connectivity index is 1.92. The number of anilines is 2. The van der Waals surface area contributed by atoms with Gasteiger partial charge in [-0.1, -0.05) is 6.07 Å². The molecule has 0 saturated carbocycles. The molecule has 0 spiro atoms. The minimum Gasteiger partial charge on any atom is -0.316 e. The van der Waals surface area contributed by atoms with Crippen LogP contribution in [0.4, 0.5) is 15.3 Å². The zero-order valence-corrected chi connectivity index (χ0v) is 13.5. The van der Waals surface area contributed by atoms with Crippen LogP contribution in [0.2, 0.25) is 0 Å². The van der Waals surface area contributed by atoms with Crippen molar-refractivity contribution >= 4 is 22.3 Å². The van der Waals surface area contributed by atoms with Gasteiger partial charge in [0.1, 0.15) is 11.6 Å². The van der Waals surface area contributed by atoms with Gasteiger partial charge in [-0.2, -0.15) is 0 Å². The van der Waals surface area contributed by atoms with E-state index in [1.54, 1.807) is 24.3 Å². The Morgan fingerprint density at radius 2 is 1.86 bits per heavy atom. The molecular weight excluding hydrogens is 297 g/mol. The highest BCUT2D eigenvalue weighted by Gasteiger charge is 2.11. The summed E-state index contributed by atoms with van der Waals surface area (Å²) in [5.41, 5.74) is 3.38. The predicted octanol–water partition coefficient (Wildman–Crippen LogP) is 5.01. The van der Waals surface area contributed by atoms with E-state index in [2.05, 4.69) is 15.3 Å². The Morgan fingerprint density at radius 3 is 2.59 bits per heavy atom. The summed E-state index contributed by atoms with van der Waals surface area (Å²) in [5, 5.41) is 4.01. The minimum atomic E-state index is -0.195. The molecular formula is C17H16FN3S. The van der Waals surface area contributed by atoms with Crippen LogP contribution in [-0.2, 0) is 0 Å². The average molecular weight is 313 g/mol. The van der Waals surface area contributed by atoms with Crippen LogP contribution in [0.1, 0.15) is 16.1 Å². The second kappa shape index (κ2) is 5.85. The Labute approximate surface area is 132 Å². The zero-order chi connectivity index (χ0) is 15.7. The smallest absolute Gasteiger partial charge is 0.189 e. The molecule has 3 rings (SSSR count). The number of nitrogens with one attached hydrogen (secondary N) is 1. The molecule has 1 N–H and O–H groups in total. The van der Waals surface area contributed by atoms with E-state index in [4.69, 9.17) is 0 Å². The molecule has 2 aromatic heterocycles. The fourth-order valence-electron chi connectivity index (χ4n) is 2.23. The summed E-state index contributed by atoms with van der Waals surface area (Å²) in [6, 6.07) is 10.9. The van der Waals surface area contributed by atoms with E-state index in [9.17, 15) is 4.39 Å². The van der Waals surface area contributed by atoms with Crippen molar-refractivity contribution in [2.24, 2.45) is 0 Å². The zero-order valence-electron chi connectivity index (χ0n) is 12.6. The molecule has 112 valence electrons. The summed E-state index contributed by atoms with van der Waals surface area (Å²) < 4.78 is 13.4. The first kappa shape index (κ1) is 14.7. The van der Waals surface area contributed by atoms with Gasteiger partial charge in [0.15, 0.2) is 5.13 Å². The van der Waals surface area contributed by atoms with Gasteiger partial charge >= 0.3 is 0 Å². The summed E-state index contributed by atoms with van der Waals surface area (Å²) in [7, 11) is 0. The largest absolute Gasteiger partial charge is 0.316 e. The maximum atomic E-state index is 13.4. The van der Waals surface area contributed by atoms with Crippen molar-refractivity contribution in [1.29, 1.82) is 0 Å². The van der Waals surface area contributed by atoms with Gasteiger partial charge in [-0.15, -0.1) is 11.3 Å². The highest BCUT2D eigenvalue weighted by Crippen LogP contribution is 2.32. The van der Waals surface area contributed by atoms with Crippen molar-refractivity contribution in [2.45, 2.75) is 20.8 Å². The standard InChI is InChI=1S/C17H16FN3S/c1-10-9-13(7-8-14(10)18)16-12(3)22-17(21-16)20-15-6-4-5-11(2)19-15/h4-9H,1-3H3,(H,19,20,21). The molecule has 3 aromatic rings. The lowest BCUT2D eigenvalue weighted by Gasteiger charge is -2.02. The molecule has 0 bridgehead atoms. The van der Waals surface area contributed by atoms with Gasteiger partial charge in [0.2, 0.25) is 0 Å². The van der Waals surface area contributed by atoms with Crippen molar-refractivity contribution < 1.29 is 4.39 Å². The third-order valence-corrected chi connectivity index (χ3v) is 4.24. The maximum absolute atomic E-state index is 13.4. The van der Waals surface area contributed by atoms with E-state index < -0.39 is 0 Å². The molecule has 1 aromatic carbocycles. The molecule has 0 amide bonds. The molecule has 0 radical (unpaired) electrons. The fraction of sp³-hybridized carbons (Fsp3) is 0.176. The van der Waals surface area contributed by atoms with Crippen LogP contribution in [0.5, 0.6) is 0 Å². The molecule has 5 heteroatoms. The average Bonchev–Trinajstić information content (AvgIpc) is 2.82. The van der Waals surface area contributed by atoms with Crippen molar-refractivity contribution in [3.8, 4) is 11.3 Å². The van der Waals surface area contributed by atoms with Crippen LogP contribution >= 0.6 is 11.3 Å². The normalized spacial score (nSPS) is 10.7. The fourth-order valence-corrected chi connectivity index (χ4v) is 3.07. The Morgan fingerprint density at radius 1 is 1.05 bits per heavy atom. The lowest BCUT2D eigenvalue weighted by atomic mass is 10.1. The second-order valence-electron chi connectivity index (χ2n) is 5.18. The van der Waals surface area contributed by atoms with Gasteiger partial charge in [-0.25, -0.2) is 14.4 Å². The molecule has 0 aliphatic heterocycles. The maximum Gasteiger partial charge on any atom is 0.189 e. The van der Waals surface area contributed by atoms with E-state index in [1.807, 2.05) is 38.1 Å². The number of hydrogen-bond donors (Lipinski definition) is 1. The quantitative estimate of drug-likeness (QED) is 0.738. The molecule has 0 atom stereocenters. The third kappa shape index (κ3) is 2.99. The topological polar surface area (TPSA) is 37.8 Å². The molecule has 0 unspecified atom stereocenters. The molecule has 0 fully saturated rings. The number of aromatic nitrogens is 2. The van der Waals surface area contributed by atoms with Gasteiger partial charge in [0.05, 0.1) is 5.69 Å². The molecule has 2 heterocycles. The first-order valence-corrected chi connectivity index (χ1v) is 7.79. The summed E-state index contributed by atoms with van der Waals surface area (Å²) in [6.45, 7) is 5.72. The highest BCUT2D eigenvalue weighted by molar-refractivity contribution is 7.16. The first-order chi connectivity index (χ1) is 10.5. The Hall–Kier alpha value is -2.27. The van der Waals surface area contributed by atoms with E-state index in [1.165, 1.54) is 6.07 Å². The first-order valence-electron chi connectivity index (χ1n) is 6.97. The van der Waals surface area contributed by atoms with E-state index in [0.717, 1.165) is 32.8 Å². The van der Waals surface area contributed by atoms with Crippen LogP contribution in [0.3, 0.4) is 0 Å². The number of thiazole rings is 1. The lowest BCUT2D eigenvalue weighted by Crippen LogP contribution is -1.94. The van der Waals surface area contributed by atoms with E-state index in [0.29, 0.717) is 5.56 Å². The molecule has 0 aliphatic carbocycles. The van der Waals surface area contributed by atoms with Gasteiger partial charge in [0, 0.05) is 16.1 Å². The number of nitrogens with zero attached hydrogens (tertiary/aromatic N) is 2. The van der Waals surface area contributed by atoms with Gasteiger partial charge < -0.3 is 5.32 Å². The van der Waals surface area contributed by atoms with Crippen molar-refractivity contribution in [2.75, 3.05) is 5.32 Å². The SMILES string of the molecule is Cc1cccc(Nc2nc(-c3ccc(F)c(C)c3)c(C)s2)n1. The predicted molar refractivity (Wildman–Crippen MR) is 89.2 cm³/mol. The number of hydrogen-bond acceptors (Lipinski definition) is 4. The Kier molecular flexibility index (Phi) is 3.90. The van der Waals surface area contributed by atoms with Gasteiger partial charge in [-0.3, -0.25) is 0 Å². The lowest BCUT2D eigenvalue weighted by molar-refractivity contribution is 0.619. The number of rotatable bonds is 3. The number of halogens is 1. The summed E-state index contributed by atoms with van der Waals surface area (Å²) >= 11 is 1.56. The highest BCUT2D eigenvalue weighted by atomic mass is 32.1. The minimum absolute atomic E-state index is 0.195. The van der Waals surface area contributed by atoms with E-state index >= 15 is 0 Å². The number of pyridine rings is 1. The van der Waals surface area contributed by atoms with Crippen molar-refractivity contribution in [1.82, 2.24) is 9.97 Å². The second-order valence-corrected chi connectivity index (χ2v) is 6.38. The van der Waals surface area contributed by atoms with Crippen LogP contribution in [0, 0.1) is 26.6 Å². The van der Waals surface area contributed by atoms with Crippen LogP contribution < -0.4 is 5.32 Å². The monoisotopic (exact) mass is 313 g/mol. The number of aryl methyl sites for hydroxylation is 3. The molecule has 0 saturated heterocycles. The third-order valence-electron chi connectivity index (χ3n) is 3.35. The molecule has 22 heavy (non-hydrogen) atoms. The molecule has 3 nitrogen and oxygen atoms in total.